The van der Waals surface area contributed by atoms with Crippen molar-refractivity contribution in [3.05, 3.63) is 24.0 Å². The van der Waals surface area contributed by atoms with Crippen LogP contribution >= 0.6 is 0 Å². The van der Waals surface area contributed by atoms with E-state index in [1.54, 1.807) is 12.1 Å². The topological polar surface area (TPSA) is 94.3 Å². The fourth-order valence-corrected chi connectivity index (χ4v) is 2.94. The van der Waals surface area contributed by atoms with Gasteiger partial charge < -0.3 is 10.5 Å². The number of imide groups is 1. The standard InChI is InChI=1S/C17H25N3O3/c18-12-15(21)20-17(22)16-14(9-4-10-19-16)23-11-5-8-13-6-2-1-3-7-13/h4,9-10,13H,1-3,5-8,11-12,18H2,(H,20,21,22). The Morgan fingerprint density at radius 2 is 2.09 bits per heavy atom. The molecule has 0 bridgehead atoms. The van der Waals surface area contributed by atoms with Crippen LogP contribution in [-0.4, -0.2) is 29.9 Å². The first-order valence-electron chi connectivity index (χ1n) is 8.32. The van der Waals surface area contributed by atoms with Crippen molar-refractivity contribution in [3.8, 4) is 5.75 Å². The minimum Gasteiger partial charge on any atom is -0.491 e. The number of carbonyl (C=O) groups is 2. The van der Waals surface area contributed by atoms with Crippen molar-refractivity contribution in [1.29, 1.82) is 0 Å². The largest absolute Gasteiger partial charge is 0.491 e. The second kappa shape index (κ2) is 9.25. The maximum Gasteiger partial charge on any atom is 0.280 e. The predicted octanol–water partition coefficient (Wildman–Crippen LogP) is 2.04. The van der Waals surface area contributed by atoms with E-state index in [1.165, 1.54) is 38.3 Å². The molecule has 0 spiro atoms. The van der Waals surface area contributed by atoms with Gasteiger partial charge in [-0.05, 0) is 30.9 Å². The van der Waals surface area contributed by atoms with E-state index in [1.807, 2.05) is 0 Å². The van der Waals surface area contributed by atoms with Crippen LogP contribution in [0.1, 0.15) is 55.4 Å². The molecule has 1 fully saturated rings. The van der Waals surface area contributed by atoms with Crippen LogP contribution in [0.4, 0.5) is 0 Å². The zero-order valence-corrected chi connectivity index (χ0v) is 13.4. The number of aromatic nitrogens is 1. The molecule has 0 aromatic carbocycles. The highest BCUT2D eigenvalue weighted by Gasteiger charge is 2.17. The molecule has 0 saturated heterocycles. The van der Waals surface area contributed by atoms with Crippen LogP contribution in [0, 0.1) is 5.92 Å². The molecule has 0 atom stereocenters. The fraction of sp³-hybridized carbons (Fsp3) is 0.588. The summed E-state index contributed by atoms with van der Waals surface area (Å²) in [4.78, 5) is 27.2. The van der Waals surface area contributed by atoms with Crippen LogP contribution in [0.15, 0.2) is 18.3 Å². The van der Waals surface area contributed by atoms with Gasteiger partial charge in [-0.1, -0.05) is 32.1 Å². The van der Waals surface area contributed by atoms with Gasteiger partial charge in [0, 0.05) is 6.20 Å². The minimum atomic E-state index is -0.580. The lowest BCUT2D eigenvalue weighted by Crippen LogP contribution is -2.36. The number of carbonyl (C=O) groups excluding carboxylic acids is 2. The highest BCUT2D eigenvalue weighted by molar-refractivity contribution is 6.05. The van der Waals surface area contributed by atoms with Crippen LogP contribution in [0.5, 0.6) is 5.75 Å². The number of ether oxygens (including phenoxy) is 1. The van der Waals surface area contributed by atoms with Crippen LogP contribution in [0.2, 0.25) is 0 Å². The van der Waals surface area contributed by atoms with Crippen molar-refractivity contribution in [1.82, 2.24) is 10.3 Å². The maximum atomic E-state index is 12.0. The molecule has 126 valence electrons. The zero-order chi connectivity index (χ0) is 16.5. The Morgan fingerprint density at radius 3 is 2.83 bits per heavy atom. The summed E-state index contributed by atoms with van der Waals surface area (Å²) in [6, 6.07) is 3.40. The summed E-state index contributed by atoms with van der Waals surface area (Å²) in [5, 5.41) is 2.18. The molecule has 1 saturated carbocycles. The predicted molar refractivity (Wildman–Crippen MR) is 87.1 cm³/mol. The lowest BCUT2D eigenvalue weighted by molar-refractivity contribution is -0.118. The highest BCUT2D eigenvalue weighted by Crippen LogP contribution is 2.27. The Balaban J connectivity index is 1.82. The monoisotopic (exact) mass is 319 g/mol. The average Bonchev–Trinajstić information content (AvgIpc) is 2.59. The molecule has 6 heteroatoms. The van der Waals surface area contributed by atoms with Crippen molar-refractivity contribution < 1.29 is 14.3 Å². The zero-order valence-electron chi connectivity index (χ0n) is 13.4. The third kappa shape index (κ3) is 5.63. The third-order valence-electron chi connectivity index (χ3n) is 4.16. The van der Waals surface area contributed by atoms with Gasteiger partial charge in [-0.25, -0.2) is 4.98 Å². The number of rotatable bonds is 7. The molecule has 1 aromatic rings. The van der Waals surface area contributed by atoms with Crippen molar-refractivity contribution in [3.63, 3.8) is 0 Å². The minimum absolute atomic E-state index is 0.118. The molecule has 0 unspecified atom stereocenters. The first kappa shape index (κ1) is 17.4. The van der Waals surface area contributed by atoms with E-state index in [4.69, 9.17) is 10.5 Å². The summed E-state index contributed by atoms with van der Waals surface area (Å²) >= 11 is 0. The van der Waals surface area contributed by atoms with Gasteiger partial charge >= 0.3 is 0 Å². The third-order valence-corrected chi connectivity index (χ3v) is 4.16. The molecule has 2 amide bonds. The average molecular weight is 319 g/mol. The van der Waals surface area contributed by atoms with Gasteiger partial charge in [-0.3, -0.25) is 14.9 Å². The number of pyridine rings is 1. The summed E-state index contributed by atoms with van der Waals surface area (Å²) in [7, 11) is 0. The number of nitrogens with two attached hydrogens (primary N) is 1. The Labute approximate surface area is 136 Å². The van der Waals surface area contributed by atoms with Crippen LogP contribution in [-0.2, 0) is 4.79 Å². The molecule has 6 nitrogen and oxygen atoms in total. The lowest BCUT2D eigenvalue weighted by atomic mass is 9.86. The molecule has 1 heterocycles. The highest BCUT2D eigenvalue weighted by atomic mass is 16.5. The number of amides is 2. The summed E-state index contributed by atoms with van der Waals surface area (Å²) in [6.45, 7) is 0.309. The molecule has 1 aromatic heterocycles. The van der Waals surface area contributed by atoms with Gasteiger partial charge in [-0.2, -0.15) is 0 Å². The number of hydrogen-bond acceptors (Lipinski definition) is 5. The molecule has 1 aliphatic carbocycles. The summed E-state index contributed by atoms with van der Waals surface area (Å²) in [5.74, 6) is 0.0943. The summed E-state index contributed by atoms with van der Waals surface area (Å²) < 4.78 is 5.70. The smallest absolute Gasteiger partial charge is 0.280 e. The Morgan fingerprint density at radius 1 is 1.30 bits per heavy atom. The van der Waals surface area contributed by atoms with Crippen LogP contribution in [0.3, 0.4) is 0 Å². The Hall–Kier alpha value is -1.95. The molecule has 2 rings (SSSR count). The molecular weight excluding hydrogens is 294 g/mol. The van der Waals surface area contributed by atoms with Gasteiger partial charge in [0.1, 0.15) is 0 Å². The Bertz CT molecular complexity index is 528. The molecule has 0 aliphatic heterocycles. The SMILES string of the molecule is NCC(=O)NC(=O)c1ncccc1OCCCC1CCCCC1. The van der Waals surface area contributed by atoms with E-state index in [0.29, 0.717) is 12.4 Å². The van der Waals surface area contributed by atoms with E-state index in [-0.39, 0.29) is 12.2 Å². The van der Waals surface area contributed by atoms with Gasteiger partial charge in [0.15, 0.2) is 11.4 Å². The van der Waals surface area contributed by atoms with E-state index in [9.17, 15) is 9.59 Å². The van der Waals surface area contributed by atoms with Crippen LogP contribution < -0.4 is 15.8 Å². The van der Waals surface area contributed by atoms with Crippen molar-refractivity contribution >= 4 is 11.8 Å². The number of hydrogen-bond donors (Lipinski definition) is 2. The van der Waals surface area contributed by atoms with E-state index < -0.39 is 11.8 Å². The summed E-state index contributed by atoms with van der Waals surface area (Å²) in [5.41, 5.74) is 5.31. The quantitative estimate of drug-likeness (QED) is 0.750. The molecule has 23 heavy (non-hydrogen) atoms. The first-order chi connectivity index (χ1) is 11.2. The fourth-order valence-electron chi connectivity index (χ4n) is 2.94. The maximum absolute atomic E-state index is 12.0. The molecule has 0 radical (unpaired) electrons. The second-order valence-electron chi connectivity index (χ2n) is 5.93. The number of nitrogens with one attached hydrogen (secondary N) is 1. The second-order valence-corrected chi connectivity index (χ2v) is 5.93. The van der Waals surface area contributed by atoms with Gasteiger partial charge in [0.25, 0.3) is 5.91 Å². The van der Waals surface area contributed by atoms with E-state index in [0.717, 1.165) is 18.8 Å². The molecule has 1 aliphatic rings. The Kier molecular flexibility index (Phi) is 7.00. The number of nitrogens with zero attached hydrogens (tertiary/aromatic N) is 1. The van der Waals surface area contributed by atoms with E-state index >= 15 is 0 Å². The molecule has 3 N–H and O–H groups in total. The normalized spacial score (nSPS) is 15.2. The molecular formula is C17H25N3O3. The summed E-state index contributed by atoms with van der Waals surface area (Å²) in [6.07, 6.45) is 10.3. The van der Waals surface area contributed by atoms with Crippen LogP contribution in [0.25, 0.3) is 0 Å². The van der Waals surface area contributed by atoms with Gasteiger partial charge in [0.2, 0.25) is 5.91 Å². The van der Waals surface area contributed by atoms with Crippen molar-refractivity contribution in [2.24, 2.45) is 11.7 Å². The van der Waals surface area contributed by atoms with Crippen molar-refractivity contribution in [2.75, 3.05) is 13.2 Å². The van der Waals surface area contributed by atoms with Gasteiger partial charge in [0.05, 0.1) is 13.2 Å². The van der Waals surface area contributed by atoms with E-state index in [2.05, 4.69) is 10.3 Å². The van der Waals surface area contributed by atoms with Gasteiger partial charge in [-0.15, -0.1) is 0 Å². The van der Waals surface area contributed by atoms with Crippen molar-refractivity contribution in [2.45, 2.75) is 44.9 Å². The first-order valence-corrected chi connectivity index (χ1v) is 8.32. The lowest BCUT2D eigenvalue weighted by Gasteiger charge is -2.21.